The average Bonchev–Trinajstić information content (AvgIpc) is 2.81. The quantitative estimate of drug-likeness (QED) is 0.328. The second-order valence-electron chi connectivity index (χ2n) is 7.17. The van der Waals surface area contributed by atoms with E-state index in [1.807, 2.05) is 36.4 Å². The van der Waals surface area contributed by atoms with E-state index in [2.05, 4.69) is 5.32 Å². The van der Waals surface area contributed by atoms with Gasteiger partial charge in [0.1, 0.15) is 24.9 Å². The normalized spacial score (nSPS) is 12.4. The van der Waals surface area contributed by atoms with Gasteiger partial charge in [0.2, 0.25) is 0 Å². The van der Waals surface area contributed by atoms with Crippen molar-refractivity contribution in [3.8, 4) is 5.75 Å². The van der Waals surface area contributed by atoms with Gasteiger partial charge >= 0.3 is 11.9 Å². The molecule has 0 aliphatic heterocycles. The van der Waals surface area contributed by atoms with Crippen LogP contribution in [0.5, 0.6) is 5.75 Å². The first kappa shape index (κ1) is 25.8. The first-order chi connectivity index (χ1) is 15.9. The SMILES string of the molecule is CCOC(=O)[C@H](CCOc1ccccc1)N[C@@H](C)C(=O)N(CC(=O)O)OCc1ccccc1. The van der Waals surface area contributed by atoms with E-state index < -0.39 is 36.5 Å². The van der Waals surface area contributed by atoms with Crippen LogP contribution in [0.1, 0.15) is 25.8 Å². The van der Waals surface area contributed by atoms with Gasteiger partial charge in [-0.15, -0.1) is 0 Å². The number of carbonyl (C=O) groups is 3. The van der Waals surface area contributed by atoms with Gasteiger partial charge in [-0.05, 0) is 31.5 Å². The smallest absolute Gasteiger partial charge is 0.325 e. The number of hydrogen-bond acceptors (Lipinski definition) is 7. The maximum atomic E-state index is 12.9. The third-order valence-electron chi connectivity index (χ3n) is 4.57. The van der Waals surface area contributed by atoms with Gasteiger partial charge in [0.15, 0.2) is 0 Å². The van der Waals surface area contributed by atoms with E-state index in [-0.39, 0.29) is 26.2 Å². The van der Waals surface area contributed by atoms with Crippen molar-refractivity contribution in [2.45, 2.75) is 39.0 Å². The molecule has 2 rings (SSSR count). The molecule has 2 atom stereocenters. The molecule has 0 unspecified atom stereocenters. The minimum Gasteiger partial charge on any atom is -0.494 e. The molecule has 0 saturated heterocycles. The summed E-state index contributed by atoms with van der Waals surface area (Å²) in [6.07, 6.45) is 0.245. The number of esters is 1. The molecule has 0 radical (unpaired) electrons. The number of ether oxygens (including phenoxy) is 2. The zero-order valence-corrected chi connectivity index (χ0v) is 18.8. The molecule has 0 fully saturated rings. The molecule has 0 aliphatic carbocycles. The second-order valence-corrected chi connectivity index (χ2v) is 7.17. The first-order valence-corrected chi connectivity index (χ1v) is 10.7. The minimum absolute atomic E-state index is 0.0266. The maximum absolute atomic E-state index is 12.9. The Morgan fingerprint density at radius 1 is 1.03 bits per heavy atom. The molecule has 2 aromatic rings. The number of carbonyl (C=O) groups excluding carboxylic acids is 2. The number of aliphatic carboxylic acids is 1. The van der Waals surface area contributed by atoms with Crippen LogP contribution in [0.15, 0.2) is 60.7 Å². The lowest BCUT2D eigenvalue weighted by molar-refractivity contribution is -0.198. The molecular formula is C24H30N2O7. The molecule has 0 heterocycles. The van der Waals surface area contributed by atoms with Gasteiger partial charge < -0.3 is 14.6 Å². The highest BCUT2D eigenvalue weighted by Gasteiger charge is 2.29. The molecule has 0 spiro atoms. The summed E-state index contributed by atoms with van der Waals surface area (Å²) in [5, 5.41) is 12.9. The summed E-state index contributed by atoms with van der Waals surface area (Å²) in [6.45, 7) is 3.01. The highest BCUT2D eigenvalue weighted by atomic mass is 16.7. The van der Waals surface area contributed by atoms with Crippen molar-refractivity contribution in [3.05, 3.63) is 66.2 Å². The van der Waals surface area contributed by atoms with Crippen LogP contribution >= 0.6 is 0 Å². The molecule has 0 aliphatic rings. The van der Waals surface area contributed by atoms with E-state index in [9.17, 15) is 19.5 Å². The van der Waals surface area contributed by atoms with Crippen LogP contribution in [0.4, 0.5) is 0 Å². The zero-order chi connectivity index (χ0) is 24.1. The van der Waals surface area contributed by atoms with Crippen LogP contribution in [0, 0.1) is 0 Å². The molecule has 2 aromatic carbocycles. The number of hydrogen-bond donors (Lipinski definition) is 2. The van der Waals surface area contributed by atoms with Crippen LogP contribution in [0.25, 0.3) is 0 Å². The maximum Gasteiger partial charge on any atom is 0.325 e. The third kappa shape index (κ3) is 9.30. The number of benzene rings is 2. The van der Waals surface area contributed by atoms with Crippen LogP contribution in [0.3, 0.4) is 0 Å². The van der Waals surface area contributed by atoms with E-state index >= 15 is 0 Å². The van der Waals surface area contributed by atoms with Crippen molar-refractivity contribution in [1.29, 1.82) is 0 Å². The van der Waals surface area contributed by atoms with Crippen molar-refractivity contribution in [2.24, 2.45) is 0 Å². The number of nitrogens with one attached hydrogen (secondary N) is 1. The Bertz CT molecular complexity index is 877. The predicted molar refractivity (Wildman–Crippen MR) is 120 cm³/mol. The summed E-state index contributed by atoms with van der Waals surface area (Å²) in [4.78, 5) is 42.0. The van der Waals surface area contributed by atoms with Crippen LogP contribution < -0.4 is 10.1 Å². The molecule has 33 heavy (non-hydrogen) atoms. The fraction of sp³-hybridized carbons (Fsp3) is 0.375. The monoisotopic (exact) mass is 458 g/mol. The number of carboxylic acid groups (broad SMARTS) is 1. The summed E-state index contributed by atoms with van der Waals surface area (Å²) in [5.74, 6) is -1.71. The molecular weight excluding hydrogens is 428 g/mol. The average molecular weight is 459 g/mol. The number of rotatable bonds is 14. The molecule has 178 valence electrons. The van der Waals surface area contributed by atoms with E-state index in [0.717, 1.165) is 10.6 Å². The lowest BCUT2D eigenvalue weighted by atomic mass is 10.1. The van der Waals surface area contributed by atoms with Crippen molar-refractivity contribution in [3.63, 3.8) is 0 Å². The van der Waals surface area contributed by atoms with Gasteiger partial charge in [-0.3, -0.25) is 24.5 Å². The third-order valence-corrected chi connectivity index (χ3v) is 4.57. The summed E-state index contributed by atoms with van der Waals surface area (Å²) >= 11 is 0. The van der Waals surface area contributed by atoms with Crippen molar-refractivity contribution in [1.82, 2.24) is 10.4 Å². The fourth-order valence-electron chi connectivity index (χ4n) is 2.95. The summed E-state index contributed by atoms with van der Waals surface area (Å²) in [7, 11) is 0. The van der Waals surface area contributed by atoms with Crippen LogP contribution in [0.2, 0.25) is 0 Å². The number of nitrogens with zero attached hydrogens (tertiary/aromatic N) is 1. The molecule has 9 nitrogen and oxygen atoms in total. The van der Waals surface area contributed by atoms with Gasteiger partial charge in [-0.1, -0.05) is 48.5 Å². The summed E-state index contributed by atoms with van der Waals surface area (Å²) in [5.41, 5.74) is 0.781. The van der Waals surface area contributed by atoms with E-state index in [1.165, 1.54) is 6.92 Å². The lowest BCUT2D eigenvalue weighted by Crippen LogP contribution is -2.52. The standard InChI is InChI=1S/C24H30N2O7/c1-3-31-24(30)21(14-15-32-20-12-8-5-9-13-20)25-18(2)23(29)26(16-22(27)28)33-17-19-10-6-4-7-11-19/h4-13,18,21,25H,3,14-17H2,1-2H3,(H,27,28)/t18-,21-/m0/s1. The Kier molecular flexibility index (Phi) is 10.9. The summed E-state index contributed by atoms with van der Waals surface area (Å²) < 4.78 is 10.8. The van der Waals surface area contributed by atoms with Gasteiger partial charge in [0.05, 0.1) is 19.3 Å². The number of amides is 1. The van der Waals surface area contributed by atoms with Crippen molar-refractivity contribution in [2.75, 3.05) is 19.8 Å². The van der Waals surface area contributed by atoms with Crippen molar-refractivity contribution < 1.29 is 33.8 Å². The molecule has 9 heteroatoms. The molecule has 0 saturated carbocycles. The largest absolute Gasteiger partial charge is 0.494 e. The highest BCUT2D eigenvalue weighted by Crippen LogP contribution is 2.10. The van der Waals surface area contributed by atoms with Crippen molar-refractivity contribution >= 4 is 17.8 Å². The Morgan fingerprint density at radius 3 is 2.27 bits per heavy atom. The Hall–Kier alpha value is -3.43. The number of carboxylic acids is 1. The summed E-state index contributed by atoms with van der Waals surface area (Å²) in [6, 6.07) is 16.5. The Labute approximate surface area is 193 Å². The fourth-order valence-corrected chi connectivity index (χ4v) is 2.95. The molecule has 1 amide bonds. The van der Waals surface area contributed by atoms with Gasteiger partial charge in [-0.25, -0.2) is 5.06 Å². The Morgan fingerprint density at radius 2 is 1.67 bits per heavy atom. The predicted octanol–water partition coefficient (Wildman–Crippen LogP) is 2.41. The lowest BCUT2D eigenvalue weighted by Gasteiger charge is -2.26. The molecule has 2 N–H and O–H groups in total. The number of hydroxylamine groups is 2. The molecule has 0 bridgehead atoms. The first-order valence-electron chi connectivity index (χ1n) is 10.7. The van der Waals surface area contributed by atoms with Crippen LogP contribution in [-0.4, -0.2) is 59.9 Å². The molecule has 0 aromatic heterocycles. The van der Waals surface area contributed by atoms with Gasteiger partial charge in [0.25, 0.3) is 5.91 Å². The van der Waals surface area contributed by atoms with Gasteiger partial charge in [0, 0.05) is 6.42 Å². The van der Waals surface area contributed by atoms with E-state index in [1.54, 1.807) is 31.2 Å². The number of para-hydroxylation sites is 1. The Balaban J connectivity index is 1.99. The minimum atomic E-state index is -1.22. The van der Waals surface area contributed by atoms with Gasteiger partial charge in [-0.2, -0.15) is 0 Å². The second kappa shape index (κ2) is 13.9. The topological polar surface area (TPSA) is 114 Å². The zero-order valence-electron chi connectivity index (χ0n) is 18.8. The van der Waals surface area contributed by atoms with E-state index in [4.69, 9.17) is 14.3 Å². The highest BCUT2D eigenvalue weighted by molar-refractivity contribution is 5.85. The van der Waals surface area contributed by atoms with Crippen LogP contribution in [-0.2, 0) is 30.6 Å². The van der Waals surface area contributed by atoms with E-state index in [0.29, 0.717) is 5.75 Å².